The van der Waals surface area contributed by atoms with Gasteiger partial charge in [0.2, 0.25) is 5.91 Å². The lowest BCUT2D eigenvalue weighted by molar-refractivity contribution is -0.121. The van der Waals surface area contributed by atoms with E-state index in [2.05, 4.69) is 10.9 Å². The Morgan fingerprint density at radius 2 is 1.78 bits per heavy atom. The number of nitrogens with one attached hydrogen (secondary N) is 2. The molecule has 0 radical (unpaired) electrons. The summed E-state index contributed by atoms with van der Waals surface area (Å²) in [5.41, 5.74) is 5.21. The fourth-order valence-electron chi connectivity index (χ4n) is 2.20. The third kappa shape index (κ3) is 6.86. The maximum absolute atomic E-state index is 12.2. The van der Waals surface area contributed by atoms with Gasteiger partial charge in [-0.25, -0.2) is 0 Å². The lowest BCUT2D eigenvalue weighted by atomic mass is 10.2. The van der Waals surface area contributed by atoms with Crippen molar-refractivity contribution >= 4 is 23.6 Å². The molecule has 7 heteroatoms. The van der Waals surface area contributed by atoms with Gasteiger partial charge < -0.3 is 9.47 Å². The van der Waals surface area contributed by atoms with E-state index in [1.54, 1.807) is 30.0 Å². The first kappa shape index (κ1) is 20.6. The topological polar surface area (TPSA) is 76.7 Å². The van der Waals surface area contributed by atoms with E-state index in [1.807, 2.05) is 44.2 Å². The van der Waals surface area contributed by atoms with E-state index in [9.17, 15) is 9.59 Å². The summed E-state index contributed by atoms with van der Waals surface area (Å²) in [5, 5.41) is 0. The molecule has 2 N–H and O–H groups in total. The van der Waals surface area contributed by atoms with Crippen LogP contribution in [0.2, 0.25) is 0 Å². The molecule has 0 fully saturated rings. The van der Waals surface area contributed by atoms with E-state index < -0.39 is 5.91 Å². The molecule has 0 aromatic heterocycles. The van der Waals surface area contributed by atoms with Crippen LogP contribution in [0.4, 0.5) is 0 Å². The number of methoxy groups -OCH3 is 1. The normalized spacial score (nSPS) is 10.4. The van der Waals surface area contributed by atoms with Crippen molar-refractivity contribution in [3.63, 3.8) is 0 Å². The number of hydrogen-bond acceptors (Lipinski definition) is 5. The summed E-state index contributed by atoms with van der Waals surface area (Å²) < 4.78 is 10.9. The highest BCUT2D eigenvalue weighted by Gasteiger charge is 2.13. The quantitative estimate of drug-likeness (QED) is 0.535. The molecule has 2 aromatic rings. The molecule has 0 saturated carbocycles. The van der Waals surface area contributed by atoms with E-state index >= 15 is 0 Å². The Morgan fingerprint density at radius 3 is 2.44 bits per heavy atom. The van der Waals surface area contributed by atoms with Crippen LogP contribution in [0.25, 0.3) is 0 Å². The molecule has 2 amide bonds. The van der Waals surface area contributed by atoms with Gasteiger partial charge in [-0.3, -0.25) is 20.4 Å². The van der Waals surface area contributed by atoms with Crippen molar-refractivity contribution in [2.24, 2.45) is 0 Å². The Hall–Kier alpha value is -2.67. The van der Waals surface area contributed by atoms with Crippen LogP contribution in [0.15, 0.2) is 53.4 Å². The van der Waals surface area contributed by atoms with Crippen LogP contribution in [0.3, 0.4) is 0 Å². The first-order valence-corrected chi connectivity index (χ1v) is 9.60. The first-order valence-electron chi connectivity index (χ1n) is 8.61. The first-order chi connectivity index (χ1) is 13.0. The second-order valence-electron chi connectivity index (χ2n) is 5.95. The fraction of sp³-hybridized carbons (Fsp3) is 0.300. The van der Waals surface area contributed by atoms with Gasteiger partial charge in [0.15, 0.2) is 11.5 Å². The molecule has 27 heavy (non-hydrogen) atoms. The molecule has 0 aliphatic rings. The number of hydrogen-bond donors (Lipinski definition) is 2. The average Bonchev–Trinajstić information content (AvgIpc) is 2.66. The molecule has 0 heterocycles. The largest absolute Gasteiger partial charge is 0.493 e. The van der Waals surface area contributed by atoms with E-state index in [-0.39, 0.29) is 12.0 Å². The third-order valence-corrected chi connectivity index (χ3v) is 4.46. The zero-order chi connectivity index (χ0) is 19.6. The summed E-state index contributed by atoms with van der Waals surface area (Å²) in [5.74, 6) is 0.973. The van der Waals surface area contributed by atoms with Crippen LogP contribution in [0, 0.1) is 0 Å². The van der Waals surface area contributed by atoms with Crippen molar-refractivity contribution in [1.82, 2.24) is 10.9 Å². The minimum atomic E-state index is -0.423. The smallest absolute Gasteiger partial charge is 0.269 e. The summed E-state index contributed by atoms with van der Waals surface area (Å²) in [4.78, 5) is 25.2. The van der Waals surface area contributed by atoms with Crippen LogP contribution in [0.1, 0.15) is 30.6 Å². The zero-order valence-electron chi connectivity index (χ0n) is 15.7. The number of carbonyl (C=O) groups excluding carboxylic acids is 2. The van der Waals surface area contributed by atoms with Crippen LogP contribution in [-0.4, -0.2) is 30.8 Å². The Labute approximate surface area is 163 Å². The summed E-state index contributed by atoms with van der Waals surface area (Å²) >= 11 is 1.59. The van der Waals surface area contributed by atoms with Gasteiger partial charge in [-0.15, -0.1) is 11.8 Å². The van der Waals surface area contributed by atoms with Crippen LogP contribution >= 0.6 is 11.8 Å². The molecule has 0 saturated heterocycles. The predicted molar refractivity (Wildman–Crippen MR) is 106 cm³/mol. The third-order valence-electron chi connectivity index (χ3n) is 3.44. The van der Waals surface area contributed by atoms with Gasteiger partial charge in [0.25, 0.3) is 5.91 Å². The van der Waals surface area contributed by atoms with Gasteiger partial charge >= 0.3 is 0 Å². The molecule has 0 aliphatic heterocycles. The van der Waals surface area contributed by atoms with Gasteiger partial charge in [-0.1, -0.05) is 18.2 Å². The maximum atomic E-state index is 12.2. The van der Waals surface area contributed by atoms with Gasteiger partial charge in [0, 0.05) is 22.6 Å². The molecular formula is C20H24N2O4S. The monoisotopic (exact) mass is 388 g/mol. The summed E-state index contributed by atoms with van der Waals surface area (Å²) in [6.45, 7) is 3.82. The number of hydrazine groups is 1. The Bertz CT molecular complexity index is 766. The minimum Gasteiger partial charge on any atom is -0.493 e. The van der Waals surface area contributed by atoms with Crippen LogP contribution in [0.5, 0.6) is 11.5 Å². The maximum Gasteiger partial charge on any atom is 0.269 e. The summed E-state index contributed by atoms with van der Waals surface area (Å²) in [6.07, 6.45) is 0.288. The lowest BCUT2D eigenvalue weighted by Gasteiger charge is -2.14. The summed E-state index contributed by atoms with van der Waals surface area (Å²) in [7, 11) is 1.51. The SMILES string of the molecule is COc1cc(C(=O)NNC(=O)CCSc2ccccc2)ccc1OC(C)C. The molecule has 0 aliphatic carbocycles. The molecule has 0 spiro atoms. The van der Waals surface area contributed by atoms with Crippen molar-refractivity contribution < 1.29 is 19.1 Å². The van der Waals surface area contributed by atoms with Gasteiger partial charge in [0.05, 0.1) is 13.2 Å². The Balaban J connectivity index is 1.81. The molecule has 0 unspecified atom stereocenters. The highest BCUT2D eigenvalue weighted by atomic mass is 32.2. The van der Waals surface area contributed by atoms with Crippen molar-refractivity contribution in [2.45, 2.75) is 31.3 Å². The Morgan fingerprint density at radius 1 is 1.04 bits per heavy atom. The van der Waals surface area contributed by atoms with Crippen molar-refractivity contribution in [3.8, 4) is 11.5 Å². The van der Waals surface area contributed by atoms with E-state index in [4.69, 9.17) is 9.47 Å². The average molecular weight is 388 g/mol. The van der Waals surface area contributed by atoms with Crippen molar-refractivity contribution in [2.75, 3.05) is 12.9 Å². The molecule has 2 rings (SSSR count). The standard InChI is InChI=1S/C20H24N2O4S/c1-14(2)26-17-10-9-15(13-18(17)25-3)20(24)22-21-19(23)11-12-27-16-7-5-4-6-8-16/h4-10,13-14H,11-12H2,1-3H3,(H,21,23)(H,22,24). The number of carbonyl (C=O) groups is 2. The second-order valence-corrected chi connectivity index (χ2v) is 7.11. The molecule has 2 aromatic carbocycles. The van der Waals surface area contributed by atoms with Crippen molar-refractivity contribution in [1.29, 1.82) is 0 Å². The van der Waals surface area contributed by atoms with Crippen LogP contribution < -0.4 is 20.3 Å². The highest BCUT2D eigenvalue weighted by molar-refractivity contribution is 7.99. The van der Waals surface area contributed by atoms with Crippen LogP contribution in [-0.2, 0) is 4.79 Å². The number of benzene rings is 2. The number of ether oxygens (including phenoxy) is 2. The number of amides is 2. The molecular weight excluding hydrogens is 364 g/mol. The fourth-order valence-corrected chi connectivity index (χ4v) is 3.07. The van der Waals surface area contributed by atoms with Gasteiger partial charge in [-0.05, 0) is 44.2 Å². The van der Waals surface area contributed by atoms with Gasteiger partial charge in [-0.2, -0.15) is 0 Å². The van der Waals surface area contributed by atoms with E-state index in [0.29, 0.717) is 29.2 Å². The molecule has 144 valence electrons. The Kier molecular flexibility index (Phi) is 8.00. The number of rotatable bonds is 8. The van der Waals surface area contributed by atoms with Crippen molar-refractivity contribution in [3.05, 3.63) is 54.1 Å². The van der Waals surface area contributed by atoms with E-state index in [1.165, 1.54) is 7.11 Å². The second kappa shape index (κ2) is 10.5. The minimum absolute atomic E-state index is 0.00776. The van der Waals surface area contributed by atoms with E-state index in [0.717, 1.165) is 4.90 Å². The number of thioether (sulfide) groups is 1. The predicted octanol–water partition coefficient (Wildman–Crippen LogP) is 3.43. The molecule has 0 atom stereocenters. The zero-order valence-corrected chi connectivity index (χ0v) is 16.5. The molecule has 6 nitrogen and oxygen atoms in total. The highest BCUT2D eigenvalue weighted by Crippen LogP contribution is 2.28. The lowest BCUT2D eigenvalue weighted by Crippen LogP contribution is -2.41. The summed E-state index contributed by atoms with van der Waals surface area (Å²) in [6, 6.07) is 14.7. The molecule has 0 bridgehead atoms. The van der Waals surface area contributed by atoms with Gasteiger partial charge in [0.1, 0.15) is 0 Å².